The summed E-state index contributed by atoms with van der Waals surface area (Å²) in [4.78, 5) is 0. The second-order valence-corrected chi connectivity index (χ2v) is 15.7. The maximum Gasteiger partial charge on any atom is 4.00 e. The van der Waals surface area contributed by atoms with Crippen molar-refractivity contribution in [3.05, 3.63) is 46.3 Å². The van der Waals surface area contributed by atoms with Crippen LogP contribution in [0.2, 0.25) is 0 Å². The van der Waals surface area contributed by atoms with Crippen molar-refractivity contribution >= 4 is 15.4 Å². The molecular weight excluding hydrogens is 692 g/mol. The van der Waals surface area contributed by atoms with Crippen LogP contribution in [0.15, 0.2) is 30.3 Å². The van der Waals surface area contributed by atoms with Crippen LogP contribution in [0.1, 0.15) is 83.1 Å². The fraction of sp³-hybridized carbons (Fsp3) is 0.839. The molecule has 0 saturated carbocycles. The molecular formula is C31H60F6GeN3Zr. The molecule has 0 aliphatic rings. The van der Waals surface area contributed by atoms with Gasteiger partial charge >= 0.3 is 78.0 Å². The summed E-state index contributed by atoms with van der Waals surface area (Å²) in [7, 11) is 0. The van der Waals surface area contributed by atoms with E-state index in [0.29, 0.717) is 0 Å². The van der Waals surface area contributed by atoms with Gasteiger partial charge in [0, 0.05) is 0 Å². The Morgan fingerprint density at radius 2 is 0.667 bits per heavy atom. The molecule has 1 aromatic carbocycles. The first-order chi connectivity index (χ1) is 18.6. The van der Waals surface area contributed by atoms with Crippen LogP contribution in [0.3, 0.4) is 0 Å². The fourth-order valence-electron chi connectivity index (χ4n) is 2.28. The summed E-state index contributed by atoms with van der Waals surface area (Å²) in [6, 6.07) is 10.0. The fourth-order valence-corrected chi connectivity index (χ4v) is 3.06. The zero-order valence-electron chi connectivity index (χ0n) is 28.3. The second-order valence-electron chi connectivity index (χ2n) is 12.3. The van der Waals surface area contributed by atoms with E-state index in [1.807, 2.05) is 30.3 Å². The van der Waals surface area contributed by atoms with Crippen molar-refractivity contribution in [3.63, 3.8) is 0 Å². The van der Waals surface area contributed by atoms with Crippen molar-refractivity contribution in [3.8, 4) is 0 Å². The molecule has 0 atom stereocenters. The third-order valence-corrected chi connectivity index (χ3v) is 5.22. The minimum Gasteiger partial charge on any atom is -0.214 e. The maximum absolute atomic E-state index is 10.9. The van der Waals surface area contributed by atoms with Crippen LogP contribution in [0.5, 0.6) is 0 Å². The van der Waals surface area contributed by atoms with Crippen LogP contribution in [-0.4, -0.2) is 64.7 Å². The van der Waals surface area contributed by atoms with E-state index in [1.165, 1.54) is 0 Å². The largest absolute Gasteiger partial charge is 4.00 e. The molecule has 0 heterocycles. The Morgan fingerprint density at radius 3 is 0.738 bits per heavy atom. The molecule has 0 aliphatic heterocycles. The van der Waals surface area contributed by atoms with Crippen LogP contribution >= 0.6 is 0 Å². The number of nitrogens with zero attached hydrogens (tertiary/aromatic N) is 3. The van der Waals surface area contributed by atoms with Crippen LogP contribution < -0.4 is 0 Å². The van der Waals surface area contributed by atoms with Crippen LogP contribution in [0.25, 0.3) is 16.0 Å². The van der Waals surface area contributed by atoms with E-state index in [2.05, 4.69) is 99.0 Å². The summed E-state index contributed by atoms with van der Waals surface area (Å²) < 4.78 is 65.4. The van der Waals surface area contributed by atoms with Gasteiger partial charge < -0.3 is 16.0 Å². The van der Waals surface area contributed by atoms with Gasteiger partial charge in [0.2, 0.25) is 0 Å². The molecule has 0 saturated heterocycles. The first kappa shape index (κ1) is 51.8. The molecule has 42 heavy (non-hydrogen) atoms. The van der Waals surface area contributed by atoms with Crippen molar-refractivity contribution in [2.24, 2.45) is 35.5 Å². The molecule has 0 unspecified atom stereocenters. The van der Waals surface area contributed by atoms with Crippen LogP contribution in [0.4, 0.5) is 26.3 Å². The molecule has 3 nitrogen and oxygen atoms in total. The van der Waals surface area contributed by atoms with Gasteiger partial charge in [0.25, 0.3) is 0 Å². The van der Waals surface area contributed by atoms with E-state index in [9.17, 15) is 26.3 Å². The molecule has 0 spiro atoms. The molecule has 1 aromatic rings. The van der Waals surface area contributed by atoms with Crippen molar-refractivity contribution in [2.45, 2.75) is 93.1 Å². The number of alkyl halides is 6. The SMILES string of the molecule is CC(C)C[N-]CC(C)C.CC(C)C[N-]CC(C)C.CC(C)C[N-]CC(C)C.F[C](F)(F)[GeH][C](F)(F)F.[Zr+4].c1cc[cH-]c1. The number of rotatable bonds is 12. The predicted molar refractivity (Wildman–Crippen MR) is 170 cm³/mol. The van der Waals surface area contributed by atoms with Gasteiger partial charge in [-0.05, 0) is 0 Å². The standard InChI is InChI=1S/3C8H18N.C5H5.C2HF6Ge.Zr/c3*1-7(2)5-9-6-8(3)4;1-2-4-5-3-1;3-1(4,5)9-2(6,7)8;/h3*7-8H,5-6H2,1-4H3;1-5H;9H;/q4*-1;;+4. The minimum atomic E-state index is -4.98. The molecule has 0 fully saturated rings. The molecule has 0 bridgehead atoms. The maximum atomic E-state index is 10.9. The van der Waals surface area contributed by atoms with Crippen molar-refractivity contribution in [1.29, 1.82) is 0 Å². The molecule has 1 rings (SSSR count). The van der Waals surface area contributed by atoms with E-state index in [4.69, 9.17) is 0 Å². The van der Waals surface area contributed by atoms with Gasteiger partial charge in [0.1, 0.15) is 0 Å². The van der Waals surface area contributed by atoms with E-state index in [-0.39, 0.29) is 26.2 Å². The van der Waals surface area contributed by atoms with Gasteiger partial charge in [0.15, 0.2) is 0 Å². The third kappa shape index (κ3) is 72.5. The topological polar surface area (TPSA) is 42.3 Å². The smallest absolute Gasteiger partial charge is 0.214 e. The second kappa shape index (κ2) is 32.6. The molecule has 1 radical (unpaired) electrons. The third-order valence-electron chi connectivity index (χ3n) is 3.85. The normalized spacial score (nSPS) is 11.2. The van der Waals surface area contributed by atoms with Crippen molar-refractivity contribution < 1.29 is 52.5 Å². The Labute approximate surface area is 280 Å². The summed E-state index contributed by atoms with van der Waals surface area (Å²) in [5.74, 6) is 4.35. The Balaban J connectivity index is -0.000000136. The summed E-state index contributed by atoms with van der Waals surface area (Å²) in [6.07, 6.45) is 0. The monoisotopic (exact) mass is 752 g/mol. The number of halogens is 6. The van der Waals surface area contributed by atoms with E-state index in [1.54, 1.807) is 0 Å². The first-order valence-electron chi connectivity index (χ1n) is 14.7. The van der Waals surface area contributed by atoms with Crippen molar-refractivity contribution in [1.82, 2.24) is 0 Å². The van der Waals surface area contributed by atoms with Crippen LogP contribution in [0, 0.1) is 35.5 Å². The molecule has 0 amide bonds. The van der Waals surface area contributed by atoms with Crippen molar-refractivity contribution in [2.75, 3.05) is 39.3 Å². The minimum absolute atomic E-state index is 0. The quantitative estimate of drug-likeness (QED) is 0.116. The number of hydrogen-bond acceptors (Lipinski definition) is 0. The summed E-state index contributed by atoms with van der Waals surface area (Å²) in [5.41, 5.74) is 0. The molecule has 249 valence electrons. The average molecular weight is 753 g/mol. The zero-order chi connectivity index (χ0) is 33.1. The Hall–Kier alpha value is 0.236. The average Bonchev–Trinajstić information content (AvgIpc) is 3.31. The first-order valence-corrected chi connectivity index (χ1v) is 17.1. The molecule has 11 heteroatoms. The van der Waals surface area contributed by atoms with Gasteiger partial charge in [-0.1, -0.05) is 119 Å². The Bertz CT molecular complexity index is 511. The van der Waals surface area contributed by atoms with Crippen LogP contribution in [-0.2, 0) is 26.2 Å². The van der Waals surface area contributed by atoms with E-state index < -0.39 is 25.4 Å². The van der Waals surface area contributed by atoms with Gasteiger partial charge in [-0.3, -0.25) is 0 Å². The zero-order valence-corrected chi connectivity index (χ0v) is 33.2. The van der Waals surface area contributed by atoms with Gasteiger partial charge in [-0.15, -0.1) is 39.3 Å². The Kier molecular flexibility index (Phi) is 40.2. The predicted octanol–water partition coefficient (Wildman–Crippen LogP) is 10.9. The molecule has 0 N–H and O–H groups in total. The van der Waals surface area contributed by atoms with E-state index >= 15 is 0 Å². The summed E-state index contributed by atoms with van der Waals surface area (Å²) in [6.45, 7) is 32.5. The van der Waals surface area contributed by atoms with Gasteiger partial charge in [-0.25, -0.2) is 12.1 Å². The number of hydrogen-bond donors (Lipinski definition) is 0. The van der Waals surface area contributed by atoms with Gasteiger partial charge in [0.05, 0.1) is 0 Å². The van der Waals surface area contributed by atoms with E-state index in [0.717, 1.165) is 74.8 Å². The molecule has 0 aromatic heterocycles. The summed E-state index contributed by atoms with van der Waals surface area (Å²) in [5, 5.41) is 3.14. The van der Waals surface area contributed by atoms with Gasteiger partial charge in [-0.2, -0.15) is 18.2 Å². The summed E-state index contributed by atoms with van der Waals surface area (Å²) >= 11 is -4.06. The molecule has 0 aliphatic carbocycles. The Morgan fingerprint density at radius 1 is 0.476 bits per heavy atom.